The maximum atomic E-state index is 15.1. The van der Waals surface area contributed by atoms with E-state index in [9.17, 15) is 13.9 Å². The predicted molar refractivity (Wildman–Crippen MR) is 155 cm³/mol. The normalized spacial score (nSPS) is 27.9. The van der Waals surface area contributed by atoms with Gasteiger partial charge in [-0.1, -0.05) is 37.8 Å². The third-order valence-electron chi connectivity index (χ3n) is 8.29. The number of aliphatic hydroxyl groups excluding tert-OH is 1. The zero-order chi connectivity index (χ0) is 29.8. The van der Waals surface area contributed by atoms with Gasteiger partial charge in [-0.3, -0.25) is 0 Å². The molecule has 226 valence electrons. The molecule has 3 unspecified atom stereocenters. The number of anilines is 1. The number of aromatic nitrogens is 4. The van der Waals surface area contributed by atoms with Crippen LogP contribution in [-0.2, 0) is 4.74 Å². The van der Waals surface area contributed by atoms with Crippen LogP contribution < -0.4 is 14.4 Å². The van der Waals surface area contributed by atoms with Crippen LogP contribution in [0.2, 0.25) is 0 Å². The number of allylic oxidation sites excluding steroid dienone is 2. The highest BCUT2D eigenvalue weighted by Crippen LogP contribution is 2.47. The lowest BCUT2D eigenvalue weighted by Gasteiger charge is -2.28. The number of rotatable bonds is 7. The summed E-state index contributed by atoms with van der Waals surface area (Å²) in [4.78, 5) is 14.7. The molecular weight excluding hydrogens is 583 g/mol. The Kier molecular flexibility index (Phi) is 7.24. The van der Waals surface area contributed by atoms with Crippen LogP contribution in [0.25, 0.3) is 11.0 Å². The first kappa shape index (κ1) is 28.1. The van der Waals surface area contributed by atoms with Gasteiger partial charge in [0.05, 0.1) is 36.3 Å². The molecule has 2 fully saturated rings. The number of para-hydroxylation sites is 1. The standard InChI is InChI=1S/C30H30F3N5O4S/c1-15-14-40-11-10-23(15)43-38-25-19(31)7-5-8-20(25)34-30(38)41-17-12-21(16(2)39)37(13-17)29-26-24(35-28(36-29)27(32)33)18-6-3-4-9-22(18)42-26/h3-9,15,17-18,21-23,27,39H,2,10-14H2,1H3/t15?,17-,18?,21-,22?,23+/m0/s1. The summed E-state index contributed by atoms with van der Waals surface area (Å²) in [5.41, 5.74) is 1.15. The molecule has 0 bridgehead atoms. The van der Waals surface area contributed by atoms with Gasteiger partial charge < -0.3 is 24.2 Å². The first-order valence-corrected chi connectivity index (χ1v) is 15.1. The van der Waals surface area contributed by atoms with E-state index in [0.717, 1.165) is 6.42 Å². The van der Waals surface area contributed by atoms with Gasteiger partial charge in [0.15, 0.2) is 17.4 Å². The van der Waals surface area contributed by atoms with Crippen molar-refractivity contribution in [1.29, 1.82) is 0 Å². The molecule has 0 spiro atoms. The van der Waals surface area contributed by atoms with Crippen molar-refractivity contribution >= 4 is 28.8 Å². The summed E-state index contributed by atoms with van der Waals surface area (Å²) in [7, 11) is 0. The van der Waals surface area contributed by atoms with Crippen LogP contribution in [0.3, 0.4) is 0 Å². The second-order valence-corrected chi connectivity index (χ2v) is 12.4. The molecule has 6 atom stereocenters. The minimum Gasteiger partial charge on any atom is -0.511 e. The molecule has 1 aromatic carbocycles. The number of alkyl halides is 2. The third-order valence-corrected chi connectivity index (χ3v) is 9.81. The van der Waals surface area contributed by atoms with E-state index in [-0.39, 0.29) is 47.6 Å². The Morgan fingerprint density at radius 1 is 1.21 bits per heavy atom. The van der Waals surface area contributed by atoms with Gasteiger partial charge in [-0.05, 0) is 42.5 Å². The van der Waals surface area contributed by atoms with Crippen LogP contribution in [0.15, 0.2) is 54.8 Å². The summed E-state index contributed by atoms with van der Waals surface area (Å²) < 4.78 is 63.0. The van der Waals surface area contributed by atoms with Gasteiger partial charge >= 0.3 is 6.01 Å². The topological polar surface area (TPSA) is 94.8 Å². The molecule has 13 heteroatoms. The van der Waals surface area contributed by atoms with Crippen molar-refractivity contribution in [2.45, 2.75) is 55.6 Å². The lowest BCUT2D eigenvalue weighted by molar-refractivity contribution is 0.0655. The number of halogens is 3. The van der Waals surface area contributed by atoms with E-state index >= 15 is 4.39 Å². The maximum Gasteiger partial charge on any atom is 0.308 e. The molecule has 2 saturated heterocycles. The van der Waals surface area contributed by atoms with E-state index in [1.807, 2.05) is 24.3 Å². The van der Waals surface area contributed by atoms with Crippen LogP contribution >= 0.6 is 11.9 Å². The van der Waals surface area contributed by atoms with Gasteiger partial charge in [-0.2, -0.15) is 4.98 Å². The molecule has 43 heavy (non-hydrogen) atoms. The van der Waals surface area contributed by atoms with Crippen LogP contribution in [-0.4, -0.2) is 67.3 Å². The molecule has 0 saturated carbocycles. The van der Waals surface area contributed by atoms with E-state index in [1.165, 1.54) is 18.0 Å². The fourth-order valence-electron chi connectivity index (χ4n) is 6.13. The molecular formula is C30H30F3N5O4S. The van der Waals surface area contributed by atoms with Crippen molar-refractivity contribution in [2.75, 3.05) is 24.7 Å². The molecule has 3 aromatic rings. The summed E-state index contributed by atoms with van der Waals surface area (Å²) in [5.74, 6) is -0.863. The van der Waals surface area contributed by atoms with Crippen LogP contribution in [0.4, 0.5) is 19.0 Å². The molecule has 5 heterocycles. The monoisotopic (exact) mass is 613 g/mol. The lowest BCUT2D eigenvalue weighted by Crippen LogP contribution is -2.33. The van der Waals surface area contributed by atoms with E-state index in [0.29, 0.717) is 35.7 Å². The van der Waals surface area contributed by atoms with Crippen LogP contribution in [0, 0.1) is 11.7 Å². The minimum atomic E-state index is -2.91. The highest BCUT2D eigenvalue weighted by molar-refractivity contribution is 7.98. The zero-order valence-electron chi connectivity index (χ0n) is 23.3. The van der Waals surface area contributed by atoms with Crippen molar-refractivity contribution in [2.24, 2.45) is 5.92 Å². The number of hydrogen-bond acceptors (Lipinski definition) is 9. The summed E-state index contributed by atoms with van der Waals surface area (Å²) in [6.45, 7) is 7.22. The molecule has 7 rings (SSSR count). The molecule has 1 N–H and O–H groups in total. The van der Waals surface area contributed by atoms with Crippen molar-refractivity contribution in [1.82, 2.24) is 18.9 Å². The summed E-state index contributed by atoms with van der Waals surface area (Å²) in [6.07, 6.45) is 4.55. The average Bonchev–Trinajstić information content (AvgIpc) is 3.68. The average molecular weight is 614 g/mol. The van der Waals surface area contributed by atoms with Gasteiger partial charge in [0.1, 0.15) is 29.3 Å². The van der Waals surface area contributed by atoms with Gasteiger partial charge in [0.2, 0.25) is 0 Å². The van der Waals surface area contributed by atoms with Crippen molar-refractivity contribution < 1.29 is 32.5 Å². The Labute approximate surface area is 250 Å². The second-order valence-electron chi connectivity index (χ2n) is 11.2. The van der Waals surface area contributed by atoms with Crippen LogP contribution in [0.1, 0.15) is 43.6 Å². The number of benzene rings is 1. The Morgan fingerprint density at radius 2 is 2.05 bits per heavy atom. The summed E-state index contributed by atoms with van der Waals surface area (Å²) in [5, 5.41) is 10.8. The Bertz CT molecular complexity index is 1630. The SMILES string of the molecule is C=C(O)[C@@H]1C[C@H](Oc2nc3cccc(F)c3n2S[C@@H]2CCOCC2C)CN1c1nc(C(F)F)nc2c1OC1C=CC=CC21. The molecule has 2 aromatic heterocycles. The molecule has 1 aliphatic carbocycles. The highest BCUT2D eigenvalue weighted by Gasteiger charge is 2.44. The first-order valence-electron chi connectivity index (χ1n) is 14.2. The second kappa shape index (κ2) is 11.1. The number of fused-ring (bicyclic) bond motifs is 4. The number of ether oxygens (including phenoxy) is 3. The molecule has 0 amide bonds. The number of nitrogens with zero attached hydrogens (tertiary/aromatic N) is 5. The molecule has 4 aliphatic rings. The smallest absolute Gasteiger partial charge is 0.308 e. The lowest BCUT2D eigenvalue weighted by atomic mass is 9.96. The van der Waals surface area contributed by atoms with Crippen molar-refractivity contribution in [3.8, 4) is 11.8 Å². The molecule has 3 aliphatic heterocycles. The van der Waals surface area contributed by atoms with Gasteiger partial charge in [-0.15, -0.1) is 0 Å². The minimum absolute atomic E-state index is 0.146. The fourth-order valence-corrected chi connectivity index (χ4v) is 7.35. The predicted octanol–water partition coefficient (Wildman–Crippen LogP) is 5.89. The van der Waals surface area contributed by atoms with Crippen molar-refractivity contribution in [3.63, 3.8) is 0 Å². The van der Waals surface area contributed by atoms with E-state index in [1.54, 1.807) is 21.0 Å². The highest BCUT2D eigenvalue weighted by atomic mass is 32.2. The first-order chi connectivity index (χ1) is 20.8. The van der Waals surface area contributed by atoms with Crippen LogP contribution in [0.5, 0.6) is 11.8 Å². The number of hydrogen-bond donors (Lipinski definition) is 1. The quantitative estimate of drug-likeness (QED) is 0.327. The van der Waals surface area contributed by atoms with E-state index < -0.39 is 36.3 Å². The number of aliphatic hydroxyl groups is 1. The van der Waals surface area contributed by atoms with Crippen molar-refractivity contribution in [3.05, 3.63) is 72.2 Å². The number of imidazole rings is 1. The third kappa shape index (κ3) is 5.01. The van der Waals surface area contributed by atoms with E-state index in [2.05, 4.69) is 28.5 Å². The fraction of sp³-hybridized carbons (Fsp3) is 0.433. The molecule has 9 nitrogen and oxygen atoms in total. The van der Waals surface area contributed by atoms with E-state index in [4.69, 9.17) is 14.2 Å². The van der Waals surface area contributed by atoms with Gasteiger partial charge in [0.25, 0.3) is 6.43 Å². The van der Waals surface area contributed by atoms with Gasteiger partial charge in [-0.25, -0.2) is 27.1 Å². The van der Waals surface area contributed by atoms with Gasteiger partial charge in [0, 0.05) is 18.3 Å². The summed E-state index contributed by atoms with van der Waals surface area (Å²) >= 11 is 1.46. The Morgan fingerprint density at radius 3 is 2.84 bits per heavy atom. The maximum absolute atomic E-state index is 15.1. The molecule has 0 radical (unpaired) electrons. The zero-order valence-corrected chi connectivity index (χ0v) is 24.1. The largest absolute Gasteiger partial charge is 0.511 e. The Balaban J connectivity index is 1.23. The summed E-state index contributed by atoms with van der Waals surface area (Å²) in [6, 6.07) is 4.23. The Hall–Kier alpha value is -3.71.